The molecular formula is C21H24O4. The molecule has 4 nitrogen and oxygen atoms in total. The van der Waals surface area contributed by atoms with E-state index < -0.39 is 0 Å². The van der Waals surface area contributed by atoms with Gasteiger partial charge in [-0.1, -0.05) is 38.1 Å². The maximum atomic E-state index is 11.9. The van der Waals surface area contributed by atoms with E-state index in [0.29, 0.717) is 17.9 Å². The summed E-state index contributed by atoms with van der Waals surface area (Å²) in [6.07, 6.45) is 2.53. The molecule has 0 aliphatic carbocycles. The lowest BCUT2D eigenvalue weighted by Gasteiger charge is -2.07. The van der Waals surface area contributed by atoms with Gasteiger partial charge in [0.2, 0.25) is 0 Å². The zero-order chi connectivity index (χ0) is 18.1. The highest BCUT2D eigenvalue weighted by Gasteiger charge is 2.09. The van der Waals surface area contributed by atoms with E-state index in [1.165, 1.54) is 0 Å². The first kappa shape index (κ1) is 18.7. The van der Waals surface area contributed by atoms with Gasteiger partial charge in [0, 0.05) is 12.8 Å². The minimum absolute atomic E-state index is 0.181. The minimum Gasteiger partial charge on any atom is -0.427 e. The van der Waals surface area contributed by atoms with Crippen LogP contribution in [0.2, 0.25) is 0 Å². The number of esters is 2. The lowest BCUT2D eigenvalue weighted by Crippen LogP contribution is -2.11. The van der Waals surface area contributed by atoms with Crippen molar-refractivity contribution in [3.8, 4) is 11.5 Å². The molecule has 0 fully saturated rings. The second kappa shape index (κ2) is 9.62. The highest BCUT2D eigenvalue weighted by Crippen LogP contribution is 2.16. The number of carbonyl (C=O) groups is 2. The van der Waals surface area contributed by atoms with Crippen LogP contribution in [0, 0.1) is 0 Å². The fraction of sp³-hybridized carbons (Fsp3) is 0.333. The first-order valence-electron chi connectivity index (χ1n) is 8.70. The summed E-state index contributed by atoms with van der Waals surface area (Å²) in [5, 5.41) is 0. The smallest absolute Gasteiger partial charge is 0.311 e. The molecule has 2 aromatic carbocycles. The monoisotopic (exact) mass is 340 g/mol. The van der Waals surface area contributed by atoms with Crippen LogP contribution in [0.25, 0.3) is 0 Å². The number of rotatable bonds is 8. The number of ether oxygens (including phenoxy) is 2. The van der Waals surface area contributed by atoms with E-state index in [2.05, 4.69) is 0 Å². The molecule has 132 valence electrons. The molecule has 0 aromatic heterocycles. The largest absolute Gasteiger partial charge is 0.427 e. The molecular weight excluding hydrogens is 316 g/mol. The zero-order valence-corrected chi connectivity index (χ0v) is 14.8. The van der Waals surface area contributed by atoms with Gasteiger partial charge in [-0.25, -0.2) is 0 Å². The van der Waals surface area contributed by atoms with Crippen LogP contribution in [0.4, 0.5) is 0 Å². The van der Waals surface area contributed by atoms with Crippen LogP contribution in [0.3, 0.4) is 0 Å². The van der Waals surface area contributed by atoms with Crippen molar-refractivity contribution in [3.05, 3.63) is 59.7 Å². The van der Waals surface area contributed by atoms with Crippen LogP contribution in [-0.2, 0) is 22.4 Å². The van der Waals surface area contributed by atoms with Crippen molar-refractivity contribution in [1.82, 2.24) is 0 Å². The highest BCUT2D eigenvalue weighted by molar-refractivity contribution is 5.75. The second-order valence-corrected chi connectivity index (χ2v) is 5.80. The Morgan fingerprint density at radius 1 is 0.760 bits per heavy atom. The van der Waals surface area contributed by atoms with Crippen molar-refractivity contribution in [2.45, 2.75) is 46.0 Å². The van der Waals surface area contributed by atoms with E-state index in [4.69, 9.17) is 9.47 Å². The van der Waals surface area contributed by atoms with Gasteiger partial charge >= 0.3 is 11.9 Å². The van der Waals surface area contributed by atoms with Crippen LogP contribution in [-0.4, -0.2) is 11.9 Å². The van der Waals surface area contributed by atoms with Crippen LogP contribution < -0.4 is 9.47 Å². The van der Waals surface area contributed by atoms with E-state index >= 15 is 0 Å². The molecule has 0 amide bonds. The topological polar surface area (TPSA) is 52.6 Å². The molecule has 0 unspecified atom stereocenters. The molecule has 0 aliphatic heterocycles. The molecule has 0 heterocycles. The summed E-state index contributed by atoms with van der Waals surface area (Å²) in [6.45, 7) is 4.09. The lowest BCUT2D eigenvalue weighted by atomic mass is 10.1. The third-order valence-corrected chi connectivity index (χ3v) is 3.84. The number of aryl methyl sites for hydroxylation is 2. The summed E-state index contributed by atoms with van der Waals surface area (Å²) >= 11 is 0. The summed E-state index contributed by atoms with van der Waals surface area (Å²) in [4.78, 5) is 23.7. The first-order valence-corrected chi connectivity index (χ1v) is 8.70. The van der Waals surface area contributed by atoms with Crippen molar-refractivity contribution in [2.24, 2.45) is 0 Å². The van der Waals surface area contributed by atoms with Crippen molar-refractivity contribution < 1.29 is 19.1 Å². The van der Waals surface area contributed by atoms with E-state index in [9.17, 15) is 9.59 Å². The number of hydrogen-bond acceptors (Lipinski definition) is 4. The van der Waals surface area contributed by atoms with Gasteiger partial charge in [0.05, 0.1) is 0 Å². The van der Waals surface area contributed by atoms with E-state index in [1.54, 1.807) is 12.1 Å². The fourth-order valence-electron chi connectivity index (χ4n) is 2.40. The summed E-state index contributed by atoms with van der Waals surface area (Å²) in [7, 11) is 0. The highest BCUT2D eigenvalue weighted by atomic mass is 16.5. The SMILES string of the molecule is CCc1cccc(OC(=O)CCCC(=O)Oc2cccc(CC)c2)c1. The minimum atomic E-state index is -0.339. The Morgan fingerprint density at radius 2 is 1.20 bits per heavy atom. The Balaban J connectivity index is 1.73. The third kappa shape index (κ3) is 6.42. The number of benzene rings is 2. The van der Waals surface area contributed by atoms with Gasteiger partial charge in [0.15, 0.2) is 0 Å². The Labute approximate surface area is 148 Å². The summed E-state index contributed by atoms with van der Waals surface area (Å²) in [5.41, 5.74) is 2.23. The Kier molecular flexibility index (Phi) is 7.20. The van der Waals surface area contributed by atoms with Crippen molar-refractivity contribution in [2.75, 3.05) is 0 Å². The van der Waals surface area contributed by atoms with Crippen LogP contribution in [0.1, 0.15) is 44.2 Å². The van der Waals surface area contributed by atoms with E-state index in [0.717, 1.165) is 24.0 Å². The predicted octanol–water partition coefficient (Wildman–Crippen LogP) is 4.49. The van der Waals surface area contributed by atoms with Crippen LogP contribution in [0.5, 0.6) is 11.5 Å². The summed E-state index contributed by atoms with van der Waals surface area (Å²) in [5.74, 6) is 0.412. The molecule has 2 rings (SSSR count). The normalized spacial score (nSPS) is 10.3. The van der Waals surface area contributed by atoms with Gasteiger partial charge in [-0.3, -0.25) is 9.59 Å². The fourth-order valence-corrected chi connectivity index (χ4v) is 2.40. The Hall–Kier alpha value is -2.62. The predicted molar refractivity (Wildman–Crippen MR) is 96.8 cm³/mol. The summed E-state index contributed by atoms with van der Waals surface area (Å²) < 4.78 is 10.6. The van der Waals surface area contributed by atoms with Gasteiger partial charge in [-0.15, -0.1) is 0 Å². The molecule has 0 spiro atoms. The molecule has 0 atom stereocenters. The molecule has 0 aliphatic rings. The molecule has 0 saturated heterocycles. The van der Waals surface area contributed by atoms with Gasteiger partial charge in [0.1, 0.15) is 11.5 Å². The Morgan fingerprint density at radius 3 is 1.60 bits per heavy atom. The Bertz CT molecular complexity index is 660. The molecule has 0 N–H and O–H groups in total. The van der Waals surface area contributed by atoms with Crippen molar-refractivity contribution >= 4 is 11.9 Å². The summed E-state index contributed by atoms with van der Waals surface area (Å²) in [6, 6.07) is 14.9. The maximum Gasteiger partial charge on any atom is 0.311 e. The number of carbonyl (C=O) groups excluding carboxylic acids is 2. The van der Waals surface area contributed by atoms with E-state index in [-0.39, 0.29) is 24.8 Å². The molecule has 25 heavy (non-hydrogen) atoms. The zero-order valence-electron chi connectivity index (χ0n) is 14.8. The van der Waals surface area contributed by atoms with Gasteiger partial charge in [0.25, 0.3) is 0 Å². The van der Waals surface area contributed by atoms with Gasteiger partial charge in [-0.2, -0.15) is 0 Å². The maximum absolute atomic E-state index is 11.9. The lowest BCUT2D eigenvalue weighted by molar-refractivity contribution is -0.136. The van der Waals surface area contributed by atoms with Crippen LogP contribution >= 0.6 is 0 Å². The molecule has 0 bridgehead atoms. The standard InChI is InChI=1S/C21H24O4/c1-3-16-8-5-10-18(14-16)24-20(22)12-7-13-21(23)25-19-11-6-9-17(4-2)15-19/h5-6,8-11,14-15H,3-4,7,12-13H2,1-2H3. The molecule has 0 radical (unpaired) electrons. The molecule has 0 saturated carbocycles. The number of hydrogen-bond donors (Lipinski definition) is 0. The van der Waals surface area contributed by atoms with Gasteiger partial charge in [-0.05, 0) is 54.7 Å². The molecule has 4 heteroatoms. The average molecular weight is 340 g/mol. The van der Waals surface area contributed by atoms with Crippen molar-refractivity contribution in [3.63, 3.8) is 0 Å². The average Bonchev–Trinajstić information content (AvgIpc) is 2.62. The quantitative estimate of drug-likeness (QED) is 0.525. The first-order chi connectivity index (χ1) is 12.1. The molecule has 2 aromatic rings. The van der Waals surface area contributed by atoms with Crippen molar-refractivity contribution in [1.29, 1.82) is 0 Å². The third-order valence-electron chi connectivity index (χ3n) is 3.84. The van der Waals surface area contributed by atoms with E-state index in [1.807, 2.05) is 50.2 Å². The second-order valence-electron chi connectivity index (χ2n) is 5.80. The van der Waals surface area contributed by atoms with Crippen LogP contribution in [0.15, 0.2) is 48.5 Å². The van der Waals surface area contributed by atoms with Gasteiger partial charge < -0.3 is 9.47 Å².